The number of amides is 2. The van der Waals surface area contributed by atoms with Crippen molar-refractivity contribution in [3.63, 3.8) is 0 Å². The molecule has 2 N–H and O–H groups in total. The van der Waals surface area contributed by atoms with E-state index in [1.165, 1.54) is 0 Å². The number of fused-ring (bicyclic) bond motifs is 2. The average molecular weight is 440 g/mol. The fourth-order valence-electron chi connectivity index (χ4n) is 4.08. The third-order valence-corrected chi connectivity index (χ3v) is 5.89. The van der Waals surface area contributed by atoms with E-state index in [0.717, 1.165) is 51.3 Å². The maximum absolute atomic E-state index is 12.8. The first-order valence-corrected chi connectivity index (χ1v) is 10.9. The van der Waals surface area contributed by atoms with Gasteiger partial charge in [-0.05, 0) is 47.9 Å². The fourth-order valence-corrected chi connectivity index (χ4v) is 4.08. The molecule has 0 fully saturated rings. The largest absolute Gasteiger partial charge is 0.497 e. The van der Waals surface area contributed by atoms with Gasteiger partial charge in [-0.15, -0.1) is 0 Å². The first-order valence-electron chi connectivity index (χ1n) is 10.9. The van der Waals surface area contributed by atoms with E-state index < -0.39 is 0 Å². The van der Waals surface area contributed by atoms with Crippen molar-refractivity contribution in [1.29, 1.82) is 0 Å². The molecule has 2 amide bonds. The van der Waals surface area contributed by atoms with Crippen molar-refractivity contribution in [1.82, 2.24) is 20.2 Å². The van der Waals surface area contributed by atoms with Gasteiger partial charge in [-0.3, -0.25) is 4.98 Å². The lowest BCUT2D eigenvalue weighted by Crippen LogP contribution is -2.42. The normalized spacial score (nSPS) is 12.8. The minimum Gasteiger partial charge on any atom is -0.497 e. The number of para-hydroxylation sites is 1. The van der Waals surface area contributed by atoms with Crippen molar-refractivity contribution in [3.05, 3.63) is 89.7 Å². The third-order valence-electron chi connectivity index (χ3n) is 5.89. The lowest BCUT2D eigenvalue weighted by atomic mass is 10.0. The molecule has 0 saturated carbocycles. The van der Waals surface area contributed by atoms with Crippen molar-refractivity contribution < 1.29 is 9.53 Å². The van der Waals surface area contributed by atoms with Crippen molar-refractivity contribution >= 4 is 28.4 Å². The predicted molar refractivity (Wildman–Crippen MR) is 129 cm³/mol. The highest BCUT2D eigenvalue weighted by molar-refractivity contribution is 5.82. The van der Waals surface area contributed by atoms with Gasteiger partial charge in [0.15, 0.2) is 0 Å². The minimum absolute atomic E-state index is 0.0680. The monoisotopic (exact) mass is 439 g/mol. The molecule has 0 spiro atoms. The number of aromatic nitrogens is 2. The molecule has 5 rings (SSSR count). The van der Waals surface area contributed by atoms with Crippen LogP contribution in [0.3, 0.4) is 0 Å². The first-order chi connectivity index (χ1) is 16.2. The summed E-state index contributed by atoms with van der Waals surface area (Å²) in [4.78, 5) is 23.7. The minimum atomic E-state index is -0.0680. The van der Waals surface area contributed by atoms with Gasteiger partial charge in [0.05, 0.1) is 24.5 Å². The highest BCUT2D eigenvalue weighted by Crippen LogP contribution is 2.27. The molecule has 33 heavy (non-hydrogen) atoms. The molecule has 4 aromatic rings. The zero-order chi connectivity index (χ0) is 22.6. The second-order valence-electron chi connectivity index (χ2n) is 8.02. The van der Waals surface area contributed by atoms with Gasteiger partial charge < -0.3 is 20.3 Å². The van der Waals surface area contributed by atoms with E-state index in [1.807, 2.05) is 65.7 Å². The number of ether oxygens (including phenoxy) is 1. The second-order valence-corrected chi connectivity index (χ2v) is 8.02. The Kier molecular flexibility index (Phi) is 5.76. The topological polar surface area (TPSA) is 79.4 Å². The van der Waals surface area contributed by atoms with Crippen LogP contribution in [0.25, 0.3) is 10.9 Å². The number of carbonyl (C=O) groups excluding carboxylic acids is 1. The number of anilines is 2. The van der Waals surface area contributed by atoms with Gasteiger partial charge in [-0.25, -0.2) is 9.78 Å². The standard InChI is InChI=1S/C26H25N5O2/c1-33-22-8-6-18(7-9-22)15-29-26(32)31-13-11-23-20(17-31)10-12-27-25(23)30-21-14-19-4-2-3-5-24(19)28-16-21/h2-10,12,14,16H,11,13,15,17H2,1H3,(H,27,30)(H,29,32). The quantitative estimate of drug-likeness (QED) is 0.473. The third kappa shape index (κ3) is 4.57. The van der Waals surface area contributed by atoms with Crippen molar-refractivity contribution in [2.75, 3.05) is 19.0 Å². The summed E-state index contributed by atoms with van der Waals surface area (Å²) >= 11 is 0. The van der Waals surface area contributed by atoms with Crippen molar-refractivity contribution in [2.24, 2.45) is 0 Å². The molecule has 0 radical (unpaired) electrons. The summed E-state index contributed by atoms with van der Waals surface area (Å²) in [6.07, 6.45) is 4.35. The van der Waals surface area contributed by atoms with Gasteiger partial charge in [-0.1, -0.05) is 30.3 Å². The summed E-state index contributed by atoms with van der Waals surface area (Å²) < 4.78 is 5.18. The Labute approximate surface area is 192 Å². The first kappa shape index (κ1) is 20.8. The number of urea groups is 1. The number of nitrogens with zero attached hydrogens (tertiary/aromatic N) is 3. The molecule has 0 saturated heterocycles. The molecule has 0 atom stereocenters. The van der Waals surface area contributed by atoms with Gasteiger partial charge in [0.25, 0.3) is 0 Å². The molecule has 0 bridgehead atoms. The Hall–Kier alpha value is -4.13. The molecule has 1 aliphatic heterocycles. The zero-order valence-electron chi connectivity index (χ0n) is 18.4. The summed E-state index contributed by atoms with van der Waals surface area (Å²) in [6.45, 7) is 1.67. The summed E-state index contributed by atoms with van der Waals surface area (Å²) in [5, 5.41) is 7.51. The highest BCUT2D eigenvalue weighted by atomic mass is 16.5. The van der Waals surface area contributed by atoms with Crippen LogP contribution in [-0.4, -0.2) is 34.6 Å². The van der Waals surface area contributed by atoms with Gasteiger partial charge in [0.1, 0.15) is 11.6 Å². The van der Waals surface area contributed by atoms with E-state index in [2.05, 4.69) is 26.7 Å². The number of methoxy groups -OCH3 is 1. The molecule has 7 nitrogen and oxygen atoms in total. The molecule has 2 aromatic carbocycles. The summed E-state index contributed by atoms with van der Waals surface area (Å²) in [5.74, 6) is 1.62. The number of pyridine rings is 2. The van der Waals surface area contributed by atoms with Gasteiger partial charge in [-0.2, -0.15) is 0 Å². The van der Waals surface area contributed by atoms with E-state index in [0.29, 0.717) is 19.6 Å². The van der Waals surface area contributed by atoms with E-state index >= 15 is 0 Å². The van der Waals surface area contributed by atoms with Gasteiger partial charge in [0, 0.05) is 36.8 Å². The van der Waals surface area contributed by atoms with Crippen LogP contribution >= 0.6 is 0 Å². The van der Waals surface area contributed by atoms with Crippen LogP contribution in [0.5, 0.6) is 5.75 Å². The van der Waals surface area contributed by atoms with E-state index in [-0.39, 0.29) is 6.03 Å². The molecule has 2 aromatic heterocycles. The summed E-state index contributed by atoms with van der Waals surface area (Å²) in [6, 6.07) is 19.7. The van der Waals surface area contributed by atoms with Crippen LogP contribution < -0.4 is 15.4 Å². The Balaban J connectivity index is 1.25. The predicted octanol–water partition coefficient (Wildman–Crippen LogP) is 4.65. The summed E-state index contributed by atoms with van der Waals surface area (Å²) in [7, 11) is 1.64. The van der Waals surface area contributed by atoms with E-state index in [4.69, 9.17) is 4.74 Å². The molecule has 166 valence electrons. The smallest absolute Gasteiger partial charge is 0.317 e. The average Bonchev–Trinajstić information content (AvgIpc) is 2.87. The van der Waals surface area contributed by atoms with Crippen molar-refractivity contribution in [2.45, 2.75) is 19.5 Å². The number of nitrogens with one attached hydrogen (secondary N) is 2. The number of carbonyl (C=O) groups is 1. The van der Waals surface area contributed by atoms with Crippen LogP contribution in [0.1, 0.15) is 16.7 Å². The maximum Gasteiger partial charge on any atom is 0.317 e. The number of hydrogen-bond acceptors (Lipinski definition) is 5. The summed E-state index contributed by atoms with van der Waals surface area (Å²) in [5.41, 5.74) is 5.13. The second kappa shape index (κ2) is 9.16. The van der Waals surface area contributed by atoms with Crippen LogP contribution in [-0.2, 0) is 19.5 Å². The zero-order valence-corrected chi connectivity index (χ0v) is 18.4. The maximum atomic E-state index is 12.8. The Morgan fingerprint density at radius 3 is 2.79 bits per heavy atom. The Bertz CT molecular complexity index is 1290. The van der Waals surface area contributed by atoms with Crippen LogP contribution in [0.4, 0.5) is 16.3 Å². The molecule has 7 heteroatoms. The molecule has 0 unspecified atom stereocenters. The van der Waals surface area contributed by atoms with Crippen molar-refractivity contribution in [3.8, 4) is 5.75 Å². The lowest BCUT2D eigenvalue weighted by Gasteiger charge is -2.30. The van der Waals surface area contributed by atoms with Gasteiger partial charge in [0.2, 0.25) is 0 Å². The van der Waals surface area contributed by atoms with E-state index in [9.17, 15) is 4.79 Å². The van der Waals surface area contributed by atoms with Crippen LogP contribution in [0.15, 0.2) is 73.1 Å². The number of benzene rings is 2. The lowest BCUT2D eigenvalue weighted by molar-refractivity contribution is 0.192. The SMILES string of the molecule is COc1ccc(CNC(=O)N2CCc3c(ccnc3Nc3cnc4ccccc4c3)C2)cc1. The molecule has 3 heterocycles. The Morgan fingerprint density at radius 1 is 1.09 bits per heavy atom. The molecular weight excluding hydrogens is 414 g/mol. The number of rotatable bonds is 5. The molecule has 0 aliphatic carbocycles. The molecule has 1 aliphatic rings. The van der Waals surface area contributed by atoms with Crippen LogP contribution in [0, 0.1) is 0 Å². The Morgan fingerprint density at radius 2 is 1.94 bits per heavy atom. The van der Waals surface area contributed by atoms with Crippen LogP contribution in [0.2, 0.25) is 0 Å². The van der Waals surface area contributed by atoms with Gasteiger partial charge >= 0.3 is 6.03 Å². The number of hydrogen-bond donors (Lipinski definition) is 2. The molecular formula is C26H25N5O2. The van der Waals surface area contributed by atoms with E-state index in [1.54, 1.807) is 13.3 Å². The fraction of sp³-hybridized carbons (Fsp3) is 0.192. The highest BCUT2D eigenvalue weighted by Gasteiger charge is 2.23.